The van der Waals surface area contributed by atoms with Crippen LogP contribution in [0.25, 0.3) is 0 Å². The van der Waals surface area contributed by atoms with Crippen LogP contribution in [-0.2, 0) is 20.8 Å². The van der Waals surface area contributed by atoms with Crippen molar-refractivity contribution >= 4 is 29.3 Å². The number of amides is 3. The molecule has 2 saturated heterocycles. The summed E-state index contributed by atoms with van der Waals surface area (Å²) in [7, 11) is 0. The lowest BCUT2D eigenvalue weighted by molar-refractivity contribution is -0.138. The zero-order chi connectivity index (χ0) is 19.9. The standard InChI is InChI=1S/C21H28ClN3O3/c22-18-7-4-16(5-8-18)10-11-23-21(28)17-6-9-20(27)25(15-17)14-2-13-24-12-1-3-19(24)26/h4-5,7-8,17H,1-3,6,9-15H2,(H,23,28)/t17-/m0/s1. The minimum Gasteiger partial charge on any atom is -0.355 e. The Bertz CT molecular complexity index is 707. The highest BCUT2D eigenvalue weighted by molar-refractivity contribution is 6.30. The van der Waals surface area contributed by atoms with E-state index in [-0.39, 0.29) is 23.6 Å². The Morgan fingerprint density at radius 2 is 1.79 bits per heavy atom. The number of likely N-dealkylation sites (tertiary alicyclic amines) is 2. The molecule has 2 heterocycles. The zero-order valence-corrected chi connectivity index (χ0v) is 16.9. The number of nitrogens with one attached hydrogen (secondary N) is 1. The summed E-state index contributed by atoms with van der Waals surface area (Å²) < 4.78 is 0. The van der Waals surface area contributed by atoms with Gasteiger partial charge < -0.3 is 15.1 Å². The first kappa shape index (κ1) is 20.6. The predicted octanol–water partition coefficient (Wildman–Crippen LogP) is 2.25. The van der Waals surface area contributed by atoms with Gasteiger partial charge in [0.15, 0.2) is 0 Å². The van der Waals surface area contributed by atoms with Crippen LogP contribution in [0.15, 0.2) is 24.3 Å². The van der Waals surface area contributed by atoms with E-state index in [0.717, 1.165) is 31.4 Å². The molecule has 1 N–H and O–H groups in total. The van der Waals surface area contributed by atoms with Crippen molar-refractivity contribution in [2.24, 2.45) is 5.92 Å². The first-order valence-electron chi connectivity index (χ1n) is 10.1. The number of hydrogen-bond donors (Lipinski definition) is 1. The maximum absolute atomic E-state index is 12.5. The summed E-state index contributed by atoms with van der Waals surface area (Å²) in [5.74, 6) is 0.179. The third-order valence-electron chi connectivity index (χ3n) is 5.52. The SMILES string of the molecule is O=C(NCCc1ccc(Cl)cc1)[C@H]1CCC(=O)N(CCCN2CCCC2=O)C1. The van der Waals surface area contributed by atoms with Gasteiger partial charge in [-0.1, -0.05) is 23.7 Å². The van der Waals surface area contributed by atoms with E-state index < -0.39 is 0 Å². The summed E-state index contributed by atoms with van der Waals surface area (Å²) in [6.07, 6.45) is 4.11. The number of halogens is 1. The Morgan fingerprint density at radius 3 is 2.50 bits per heavy atom. The Balaban J connectivity index is 1.39. The van der Waals surface area contributed by atoms with E-state index in [4.69, 9.17) is 11.6 Å². The molecule has 1 aromatic carbocycles. The second-order valence-corrected chi connectivity index (χ2v) is 8.02. The van der Waals surface area contributed by atoms with Crippen molar-refractivity contribution in [3.05, 3.63) is 34.9 Å². The number of benzene rings is 1. The summed E-state index contributed by atoms with van der Waals surface area (Å²) in [6.45, 7) is 3.17. The Morgan fingerprint density at radius 1 is 1.07 bits per heavy atom. The molecule has 0 aromatic heterocycles. The minimum atomic E-state index is -0.156. The van der Waals surface area contributed by atoms with Gasteiger partial charge in [0.05, 0.1) is 5.92 Å². The van der Waals surface area contributed by atoms with Gasteiger partial charge in [0.2, 0.25) is 17.7 Å². The van der Waals surface area contributed by atoms with Crippen LogP contribution in [-0.4, -0.2) is 60.2 Å². The molecule has 0 radical (unpaired) electrons. The van der Waals surface area contributed by atoms with Crippen molar-refractivity contribution in [3.63, 3.8) is 0 Å². The minimum absolute atomic E-state index is 0.0150. The fourth-order valence-electron chi connectivity index (χ4n) is 3.86. The van der Waals surface area contributed by atoms with Crippen LogP contribution in [0.4, 0.5) is 0 Å². The zero-order valence-electron chi connectivity index (χ0n) is 16.2. The summed E-state index contributed by atoms with van der Waals surface area (Å²) >= 11 is 5.88. The summed E-state index contributed by atoms with van der Waals surface area (Å²) in [6, 6.07) is 7.61. The monoisotopic (exact) mass is 405 g/mol. The van der Waals surface area contributed by atoms with Crippen LogP contribution in [0, 0.1) is 5.92 Å². The van der Waals surface area contributed by atoms with E-state index in [1.807, 2.05) is 29.2 Å². The summed E-state index contributed by atoms with van der Waals surface area (Å²) in [4.78, 5) is 40.0. The van der Waals surface area contributed by atoms with Crippen LogP contribution >= 0.6 is 11.6 Å². The summed E-state index contributed by atoms with van der Waals surface area (Å²) in [5, 5.41) is 3.70. The Hall–Kier alpha value is -2.08. The summed E-state index contributed by atoms with van der Waals surface area (Å²) in [5.41, 5.74) is 1.13. The molecule has 28 heavy (non-hydrogen) atoms. The molecule has 0 spiro atoms. The van der Waals surface area contributed by atoms with Gasteiger partial charge in [-0.15, -0.1) is 0 Å². The molecule has 6 nitrogen and oxygen atoms in total. The number of carbonyl (C=O) groups is 3. The van der Waals surface area contributed by atoms with E-state index in [1.54, 1.807) is 4.90 Å². The van der Waals surface area contributed by atoms with Gasteiger partial charge in [-0.2, -0.15) is 0 Å². The van der Waals surface area contributed by atoms with Crippen molar-refractivity contribution in [3.8, 4) is 0 Å². The van der Waals surface area contributed by atoms with E-state index >= 15 is 0 Å². The topological polar surface area (TPSA) is 69.7 Å². The predicted molar refractivity (Wildman–Crippen MR) is 108 cm³/mol. The fraction of sp³-hybridized carbons (Fsp3) is 0.571. The number of hydrogen-bond acceptors (Lipinski definition) is 3. The highest BCUT2D eigenvalue weighted by atomic mass is 35.5. The van der Waals surface area contributed by atoms with Gasteiger partial charge in [-0.25, -0.2) is 0 Å². The lowest BCUT2D eigenvalue weighted by Crippen LogP contribution is -2.46. The number of carbonyl (C=O) groups excluding carboxylic acids is 3. The molecular formula is C21H28ClN3O3. The highest BCUT2D eigenvalue weighted by Gasteiger charge is 2.30. The first-order valence-corrected chi connectivity index (χ1v) is 10.5. The molecule has 1 atom stereocenters. The van der Waals surface area contributed by atoms with Crippen molar-refractivity contribution in [1.82, 2.24) is 15.1 Å². The Kier molecular flexibility index (Phi) is 7.31. The smallest absolute Gasteiger partial charge is 0.224 e. The molecule has 0 unspecified atom stereocenters. The average Bonchev–Trinajstić information content (AvgIpc) is 3.09. The molecule has 0 aliphatic carbocycles. The van der Waals surface area contributed by atoms with E-state index in [0.29, 0.717) is 50.5 Å². The largest absolute Gasteiger partial charge is 0.355 e. The average molecular weight is 406 g/mol. The molecule has 0 saturated carbocycles. The van der Waals surface area contributed by atoms with Crippen LogP contribution in [0.3, 0.4) is 0 Å². The first-order chi connectivity index (χ1) is 13.5. The van der Waals surface area contributed by atoms with Gasteiger partial charge in [0.1, 0.15) is 0 Å². The Labute approximate surface area is 171 Å². The van der Waals surface area contributed by atoms with Crippen molar-refractivity contribution in [1.29, 1.82) is 0 Å². The normalized spacial score (nSPS) is 20.0. The van der Waals surface area contributed by atoms with Crippen LogP contribution in [0.2, 0.25) is 5.02 Å². The van der Waals surface area contributed by atoms with Crippen molar-refractivity contribution in [2.45, 2.75) is 38.5 Å². The second kappa shape index (κ2) is 9.92. The molecular weight excluding hydrogens is 378 g/mol. The van der Waals surface area contributed by atoms with Crippen LogP contribution < -0.4 is 5.32 Å². The molecule has 3 amide bonds. The maximum Gasteiger partial charge on any atom is 0.224 e. The third-order valence-corrected chi connectivity index (χ3v) is 5.78. The number of piperidine rings is 1. The van der Waals surface area contributed by atoms with Crippen molar-refractivity contribution in [2.75, 3.05) is 32.7 Å². The molecule has 2 aliphatic heterocycles. The molecule has 7 heteroatoms. The fourth-order valence-corrected chi connectivity index (χ4v) is 3.99. The lowest BCUT2D eigenvalue weighted by atomic mass is 9.96. The van der Waals surface area contributed by atoms with Crippen LogP contribution in [0.5, 0.6) is 0 Å². The van der Waals surface area contributed by atoms with Gasteiger partial charge in [-0.3, -0.25) is 14.4 Å². The van der Waals surface area contributed by atoms with E-state index in [9.17, 15) is 14.4 Å². The van der Waals surface area contributed by atoms with Gasteiger partial charge in [0.25, 0.3) is 0 Å². The van der Waals surface area contributed by atoms with Crippen LogP contribution in [0.1, 0.15) is 37.7 Å². The van der Waals surface area contributed by atoms with Gasteiger partial charge >= 0.3 is 0 Å². The van der Waals surface area contributed by atoms with Gasteiger partial charge in [0, 0.05) is 50.6 Å². The maximum atomic E-state index is 12.5. The van der Waals surface area contributed by atoms with Gasteiger partial charge in [-0.05, 0) is 43.4 Å². The van der Waals surface area contributed by atoms with E-state index in [2.05, 4.69) is 5.32 Å². The quantitative estimate of drug-likeness (QED) is 0.721. The lowest BCUT2D eigenvalue weighted by Gasteiger charge is -2.32. The second-order valence-electron chi connectivity index (χ2n) is 7.58. The molecule has 1 aromatic rings. The number of nitrogens with zero attached hydrogens (tertiary/aromatic N) is 2. The highest BCUT2D eigenvalue weighted by Crippen LogP contribution is 2.19. The molecule has 152 valence electrons. The number of rotatable bonds is 8. The molecule has 3 rings (SSSR count). The third kappa shape index (κ3) is 5.71. The van der Waals surface area contributed by atoms with Crippen molar-refractivity contribution < 1.29 is 14.4 Å². The molecule has 2 fully saturated rings. The van der Waals surface area contributed by atoms with E-state index in [1.165, 1.54) is 0 Å². The molecule has 2 aliphatic rings. The molecule has 0 bridgehead atoms.